The fraction of sp³-hybridized carbons (Fsp3) is 0.194. The van der Waals surface area contributed by atoms with Crippen LogP contribution in [0, 0.1) is 11.7 Å². The van der Waals surface area contributed by atoms with Gasteiger partial charge in [0.2, 0.25) is 5.91 Å². The molecule has 10 heteroatoms. The maximum atomic E-state index is 14.4. The van der Waals surface area contributed by atoms with Crippen LogP contribution < -0.4 is 10.6 Å². The van der Waals surface area contributed by atoms with Gasteiger partial charge in [-0.15, -0.1) is 0 Å². The van der Waals surface area contributed by atoms with E-state index in [0.29, 0.717) is 34.8 Å². The second kappa shape index (κ2) is 10.2. The summed E-state index contributed by atoms with van der Waals surface area (Å²) < 4.78 is 14.4. The second-order valence-electron chi connectivity index (χ2n) is 10.5. The first-order chi connectivity index (χ1) is 20.1. The lowest BCUT2D eigenvalue weighted by atomic mass is 9.85. The number of amides is 1. The Bertz CT molecular complexity index is 1920. The van der Waals surface area contributed by atoms with Crippen molar-refractivity contribution in [2.45, 2.75) is 25.8 Å². The molecule has 6 aromatic rings. The number of H-pyrrole nitrogens is 2. The number of carbonyl (C=O) groups excluding carboxylic acids is 1. The van der Waals surface area contributed by atoms with Crippen molar-refractivity contribution in [3.05, 3.63) is 78.6 Å². The molecule has 0 atom stereocenters. The number of benzene rings is 2. The van der Waals surface area contributed by atoms with Crippen molar-refractivity contribution in [2.75, 3.05) is 12.4 Å². The number of imidazole rings is 1. The molecule has 0 saturated heterocycles. The van der Waals surface area contributed by atoms with Gasteiger partial charge in [0.05, 0.1) is 34.6 Å². The average molecular weight is 547 g/mol. The average Bonchev–Trinajstić information content (AvgIpc) is 3.55. The van der Waals surface area contributed by atoms with Gasteiger partial charge in [0.1, 0.15) is 11.5 Å². The molecule has 1 fully saturated rings. The van der Waals surface area contributed by atoms with Crippen LogP contribution in [0.1, 0.15) is 24.8 Å². The summed E-state index contributed by atoms with van der Waals surface area (Å²) in [5.74, 6) is 0.411. The molecule has 4 aromatic heterocycles. The Morgan fingerprint density at radius 1 is 0.976 bits per heavy atom. The first-order valence-electron chi connectivity index (χ1n) is 13.6. The lowest BCUT2D eigenvalue weighted by Crippen LogP contribution is -2.28. The molecule has 204 valence electrons. The Kier molecular flexibility index (Phi) is 6.24. The second-order valence-corrected chi connectivity index (χ2v) is 10.5. The molecule has 9 nitrogen and oxygen atoms in total. The van der Waals surface area contributed by atoms with Gasteiger partial charge in [-0.2, -0.15) is 5.10 Å². The van der Waals surface area contributed by atoms with E-state index in [2.05, 4.69) is 35.8 Å². The number of fused-ring (bicyclic) bond motifs is 2. The Hall–Kier alpha value is -4.96. The summed E-state index contributed by atoms with van der Waals surface area (Å²) >= 11 is 0. The zero-order chi connectivity index (χ0) is 27.9. The molecule has 0 unspecified atom stereocenters. The van der Waals surface area contributed by atoms with Crippen molar-refractivity contribution in [3.8, 4) is 33.8 Å². The highest BCUT2D eigenvalue weighted by atomic mass is 19.1. The molecule has 1 saturated carbocycles. The predicted octanol–water partition coefficient (Wildman–Crippen LogP) is 5.83. The Labute approximate surface area is 234 Å². The quantitative estimate of drug-likeness (QED) is 0.200. The van der Waals surface area contributed by atoms with Crippen LogP contribution in [0.25, 0.3) is 55.7 Å². The van der Waals surface area contributed by atoms with Gasteiger partial charge >= 0.3 is 0 Å². The van der Waals surface area contributed by atoms with E-state index in [1.165, 1.54) is 12.1 Å². The molecule has 0 radical (unpaired) electrons. The third-order valence-corrected chi connectivity index (χ3v) is 7.65. The summed E-state index contributed by atoms with van der Waals surface area (Å²) in [6, 6.07) is 12.9. The van der Waals surface area contributed by atoms with Gasteiger partial charge in [0.25, 0.3) is 0 Å². The summed E-state index contributed by atoms with van der Waals surface area (Å²) in [5.41, 5.74) is 7.68. The van der Waals surface area contributed by atoms with Crippen molar-refractivity contribution < 1.29 is 9.18 Å². The van der Waals surface area contributed by atoms with Crippen LogP contribution in [0.4, 0.5) is 10.1 Å². The standard InChI is InChI=1S/C31H27FN8O/c1-33-12-17-7-20(9-22(32)8-17)25-15-35-16-27-28(25)38-30(37-27)29-24-11-19(5-6-26(24)39-40-29)21-10-23(14-34-13-21)36-31(41)18-3-2-4-18/h5-11,13-16,18,33H,2-4,12H2,1H3,(H,36,41)(H,37,38)(H,39,40). The first-order valence-corrected chi connectivity index (χ1v) is 13.6. The number of anilines is 1. The smallest absolute Gasteiger partial charge is 0.227 e. The van der Waals surface area contributed by atoms with E-state index in [4.69, 9.17) is 4.98 Å². The first kappa shape index (κ1) is 25.0. The highest BCUT2D eigenvalue weighted by Crippen LogP contribution is 2.34. The molecular formula is C31H27FN8O. The fourth-order valence-corrected chi connectivity index (χ4v) is 5.32. The number of carbonyl (C=O) groups is 1. The third kappa shape index (κ3) is 4.72. The maximum absolute atomic E-state index is 14.4. The summed E-state index contributed by atoms with van der Waals surface area (Å²) in [7, 11) is 1.83. The van der Waals surface area contributed by atoms with Crippen molar-refractivity contribution in [3.63, 3.8) is 0 Å². The number of aromatic nitrogens is 6. The molecule has 0 bridgehead atoms. The minimum absolute atomic E-state index is 0.0537. The number of rotatable bonds is 7. The van der Waals surface area contributed by atoms with E-state index >= 15 is 0 Å². The van der Waals surface area contributed by atoms with E-state index in [9.17, 15) is 9.18 Å². The molecule has 0 aliphatic heterocycles. The molecule has 4 N–H and O–H groups in total. The molecule has 4 heterocycles. The number of halogens is 1. The summed E-state index contributed by atoms with van der Waals surface area (Å²) in [5, 5.41) is 14.6. The van der Waals surface area contributed by atoms with Gasteiger partial charge in [-0.1, -0.05) is 12.5 Å². The zero-order valence-electron chi connectivity index (χ0n) is 22.3. The Morgan fingerprint density at radius 2 is 1.85 bits per heavy atom. The minimum Gasteiger partial charge on any atom is -0.335 e. The molecule has 7 rings (SSSR count). The predicted molar refractivity (Wildman–Crippen MR) is 156 cm³/mol. The zero-order valence-corrected chi connectivity index (χ0v) is 22.3. The highest BCUT2D eigenvalue weighted by Gasteiger charge is 2.25. The topological polar surface area (TPSA) is 124 Å². The van der Waals surface area contributed by atoms with Crippen LogP contribution in [0.2, 0.25) is 0 Å². The lowest BCUT2D eigenvalue weighted by Gasteiger charge is -2.24. The van der Waals surface area contributed by atoms with Crippen molar-refractivity contribution >= 4 is 33.5 Å². The SMILES string of the molecule is CNCc1cc(F)cc(-c2cncc3[nH]c(-c4n[nH]c5ccc(-c6cncc(NC(=O)C7CCC7)c6)cc45)nc23)c1. The summed E-state index contributed by atoms with van der Waals surface area (Å²) in [6.45, 7) is 0.549. The molecule has 1 amide bonds. The van der Waals surface area contributed by atoms with Gasteiger partial charge in [0, 0.05) is 41.4 Å². The fourth-order valence-electron chi connectivity index (χ4n) is 5.32. The van der Waals surface area contributed by atoms with Crippen LogP contribution in [0.5, 0.6) is 0 Å². The van der Waals surface area contributed by atoms with Crippen LogP contribution in [-0.2, 0) is 11.3 Å². The molecule has 0 spiro atoms. The van der Waals surface area contributed by atoms with Gasteiger partial charge in [0.15, 0.2) is 5.82 Å². The number of nitrogens with zero attached hydrogens (tertiary/aromatic N) is 4. The van der Waals surface area contributed by atoms with Gasteiger partial charge < -0.3 is 15.6 Å². The number of hydrogen-bond acceptors (Lipinski definition) is 6. The molecule has 1 aliphatic carbocycles. The van der Waals surface area contributed by atoms with E-state index in [-0.39, 0.29) is 17.6 Å². The van der Waals surface area contributed by atoms with Gasteiger partial charge in [-0.25, -0.2) is 9.37 Å². The van der Waals surface area contributed by atoms with E-state index in [1.54, 1.807) is 24.8 Å². The molecule has 41 heavy (non-hydrogen) atoms. The van der Waals surface area contributed by atoms with Crippen LogP contribution >= 0.6 is 0 Å². The molecule has 1 aliphatic rings. The number of aromatic amines is 2. The van der Waals surface area contributed by atoms with Gasteiger partial charge in [-0.05, 0) is 73.0 Å². The van der Waals surface area contributed by atoms with E-state index in [0.717, 1.165) is 57.9 Å². The summed E-state index contributed by atoms with van der Waals surface area (Å²) in [4.78, 5) is 29.4. The minimum atomic E-state index is -0.312. The van der Waals surface area contributed by atoms with Crippen LogP contribution in [0.15, 0.2) is 67.3 Å². The highest BCUT2D eigenvalue weighted by molar-refractivity contribution is 5.98. The largest absolute Gasteiger partial charge is 0.335 e. The van der Waals surface area contributed by atoms with Crippen molar-refractivity contribution in [2.24, 2.45) is 5.92 Å². The van der Waals surface area contributed by atoms with E-state index < -0.39 is 0 Å². The normalized spacial score (nSPS) is 13.5. The number of pyridine rings is 2. The van der Waals surface area contributed by atoms with Crippen molar-refractivity contribution in [1.82, 2.24) is 35.5 Å². The van der Waals surface area contributed by atoms with Crippen LogP contribution in [-0.4, -0.2) is 43.1 Å². The molecular weight excluding hydrogens is 519 g/mol. The van der Waals surface area contributed by atoms with Gasteiger partial charge in [-0.3, -0.25) is 19.9 Å². The lowest BCUT2D eigenvalue weighted by molar-refractivity contribution is -0.122. The number of hydrogen-bond donors (Lipinski definition) is 4. The molecule has 2 aromatic carbocycles. The van der Waals surface area contributed by atoms with E-state index in [1.807, 2.05) is 37.4 Å². The Morgan fingerprint density at radius 3 is 2.68 bits per heavy atom. The maximum Gasteiger partial charge on any atom is 0.227 e. The van der Waals surface area contributed by atoms with Crippen molar-refractivity contribution in [1.29, 1.82) is 0 Å². The Balaban J connectivity index is 1.25. The summed E-state index contributed by atoms with van der Waals surface area (Å²) in [6.07, 6.45) is 9.85. The number of nitrogens with one attached hydrogen (secondary N) is 4. The monoisotopic (exact) mass is 546 g/mol. The third-order valence-electron chi connectivity index (χ3n) is 7.65. The van der Waals surface area contributed by atoms with Crippen LogP contribution in [0.3, 0.4) is 0 Å².